The quantitative estimate of drug-likeness (QED) is 0.859. The topological polar surface area (TPSA) is 49.9 Å². The molecule has 2 amide bonds. The van der Waals surface area contributed by atoms with Crippen LogP contribution in [0, 0.1) is 5.92 Å². The Morgan fingerprint density at radius 1 is 1.14 bits per heavy atom. The second kappa shape index (κ2) is 6.38. The Balaban J connectivity index is 1.68. The molecule has 0 saturated carbocycles. The Labute approximate surface area is 130 Å². The minimum Gasteiger partial charge on any atom is -0.497 e. The van der Waals surface area contributed by atoms with Crippen LogP contribution in [0.1, 0.15) is 25.7 Å². The van der Waals surface area contributed by atoms with E-state index in [1.807, 2.05) is 29.2 Å². The Hall–Kier alpha value is -2.04. The number of methoxy groups -OCH3 is 1. The van der Waals surface area contributed by atoms with E-state index in [0.717, 1.165) is 37.4 Å². The van der Waals surface area contributed by atoms with Crippen LogP contribution < -0.4 is 9.64 Å². The summed E-state index contributed by atoms with van der Waals surface area (Å²) < 4.78 is 5.13. The van der Waals surface area contributed by atoms with Gasteiger partial charge in [0.1, 0.15) is 5.75 Å². The van der Waals surface area contributed by atoms with Crippen LogP contribution in [-0.2, 0) is 9.59 Å². The second-order valence-corrected chi connectivity index (χ2v) is 5.99. The van der Waals surface area contributed by atoms with Gasteiger partial charge in [-0.1, -0.05) is 0 Å². The van der Waals surface area contributed by atoms with Crippen molar-refractivity contribution in [2.75, 3.05) is 31.6 Å². The lowest BCUT2D eigenvalue weighted by Gasteiger charge is -2.29. The summed E-state index contributed by atoms with van der Waals surface area (Å²) in [5, 5.41) is 0. The summed E-state index contributed by atoms with van der Waals surface area (Å²) in [6.07, 6.45) is 3.68. The van der Waals surface area contributed by atoms with E-state index in [2.05, 4.69) is 0 Å². The highest BCUT2D eigenvalue weighted by molar-refractivity contribution is 6.00. The number of anilines is 1. The molecule has 3 rings (SSSR count). The minimum atomic E-state index is -0.201. The lowest BCUT2D eigenvalue weighted by Crippen LogP contribution is -2.40. The average Bonchev–Trinajstić information content (AvgIpc) is 2.97. The Kier molecular flexibility index (Phi) is 4.32. The molecule has 2 heterocycles. The summed E-state index contributed by atoms with van der Waals surface area (Å²) >= 11 is 0. The molecule has 1 atom stereocenters. The van der Waals surface area contributed by atoms with Crippen molar-refractivity contribution in [2.45, 2.75) is 25.7 Å². The largest absolute Gasteiger partial charge is 0.497 e. The molecule has 0 aromatic heterocycles. The van der Waals surface area contributed by atoms with Gasteiger partial charge in [0.15, 0.2) is 0 Å². The molecule has 5 nitrogen and oxygen atoms in total. The van der Waals surface area contributed by atoms with Crippen LogP contribution in [0.25, 0.3) is 0 Å². The first-order valence-electron chi connectivity index (χ1n) is 7.92. The number of carbonyl (C=O) groups excluding carboxylic acids is 2. The van der Waals surface area contributed by atoms with Crippen molar-refractivity contribution < 1.29 is 14.3 Å². The van der Waals surface area contributed by atoms with Crippen molar-refractivity contribution in [3.8, 4) is 5.75 Å². The van der Waals surface area contributed by atoms with Crippen LogP contribution >= 0.6 is 0 Å². The number of likely N-dealkylation sites (tertiary alicyclic amines) is 1. The Morgan fingerprint density at radius 2 is 1.82 bits per heavy atom. The van der Waals surface area contributed by atoms with Crippen LogP contribution in [0.2, 0.25) is 0 Å². The van der Waals surface area contributed by atoms with E-state index in [-0.39, 0.29) is 17.7 Å². The van der Waals surface area contributed by atoms with E-state index in [4.69, 9.17) is 4.74 Å². The number of piperidine rings is 1. The van der Waals surface area contributed by atoms with Gasteiger partial charge in [-0.05, 0) is 43.5 Å². The summed E-state index contributed by atoms with van der Waals surface area (Å²) in [7, 11) is 1.61. The number of benzene rings is 1. The van der Waals surface area contributed by atoms with Gasteiger partial charge < -0.3 is 14.5 Å². The van der Waals surface area contributed by atoms with Crippen LogP contribution in [0.15, 0.2) is 24.3 Å². The van der Waals surface area contributed by atoms with Crippen molar-refractivity contribution in [1.82, 2.24) is 4.90 Å². The molecule has 2 fully saturated rings. The zero-order chi connectivity index (χ0) is 15.5. The van der Waals surface area contributed by atoms with Gasteiger partial charge >= 0.3 is 0 Å². The van der Waals surface area contributed by atoms with E-state index in [0.29, 0.717) is 13.0 Å². The summed E-state index contributed by atoms with van der Waals surface area (Å²) in [6.45, 7) is 2.17. The SMILES string of the molecule is COc1ccc(N2C[C@@H](C(=O)N3CCCCC3)CC2=O)cc1. The van der Waals surface area contributed by atoms with Gasteiger partial charge in [-0.2, -0.15) is 0 Å². The number of hydrogen-bond acceptors (Lipinski definition) is 3. The first kappa shape index (κ1) is 14.9. The maximum Gasteiger partial charge on any atom is 0.228 e. The summed E-state index contributed by atoms with van der Waals surface area (Å²) in [5.41, 5.74) is 0.833. The fourth-order valence-electron chi connectivity index (χ4n) is 3.26. The van der Waals surface area contributed by atoms with Crippen molar-refractivity contribution in [3.05, 3.63) is 24.3 Å². The maximum absolute atomic E-state index is 12.6. The summed E-state index contributed by atoms with van der Waals surface area (Å²) in [5.74, 6) is 0.730. The third kappa shape index (κ3) is 2.93. The van der Waals surface area contributed by atoms with Crippen molar-refractivity contribution >= 4 is 17.5 Å². The number of carbonyl (C=O) groups is 2. The van der Waals surface area contributed by atoms with E-state index < -0.39 is 0 Å². The van der Waals surface area contributed by atoms with Gasteiger partial charge in [-0.15, -0.1) is 0 Å². The van der Waals surface area contributed by atoms with Crippen molar-refractivity contribution in [3.63, 3.8) is 0 Å². The average molecular weight is 302 g/mol. The van der Waals surface area contributed by atoms with E-state index in [9.17, 15) is 9.59 Å². The van der Waals surface area contributed by atoms with Crippen molar-refractivity contribution in [2.24, 2.45) is 5.92 Å². The Morgan fingerprint density at radius 3 is 2.45 bits per heavy atom. The Bertz CT molecular complexity index is 550. The van der Waals surface area contributed by atoms with Gasteiger partial charge in [0.2, 0.25) is 11.8 Å². The summed E-state index contributed by atoms with van der Waals surface area (Å²) in [4.78, 5) is 28.4. The highest BCUT2D eigenvalue weighted by Gasteiger charge is 2.37. The van der Waals surface area contributed by atoms with Crippen LogP contribution in [0.3, 0.4) is 0 Å². The predicted octanol–water partition coefficient (Wildman–Crippen LogP) is 2.06. The van der Waals surface area contributed by atoms with E-state index >= 15 is 0 Å². The third-order valence-corrected chi connectivity index (χ3v) is 4.53. The highest BCUT2D eigenvalue weighted by Crippen LogP contribution is 2.28. The number of nitrogens with zero attached hydrogens (tertiary/aromatic N) is 2. The lowest BCUT2D eigenvalue weighted by atomic mass is 10.0. The maximum atomic E-state index is 12.6. The van der Waals surface area contributed by atoms with Gasteiger partial charge in [0.05, 0.1) is 13.0 Å². The molecule has 22 heavy (non-hydrogen) atoms. The van der Waals surface area contributed by atoms with E-state index in [1.54, 1.807) is 12.0 Å². The molecular weight excluding hydrogens is 280 g/mol. The van der Waals surface area contributed by atoms with Gasteiger partial charge in [0, 0.05) is 31.7 Å². The number of rotatable bonds is 3. The van der Waals surface area contributed by atoms with Gasteiger partial charge in [0.25, 0.3) is 0 Å². The number of hydrogen-bond donors (Lipinski definition) is 0. The molecule has 5 heteroatoms. The molecule has 0 spiro atoms. The van der Waals surface area contributed by atoms with Crippen molar-refractivity contribution in [1.29, 1.82) is 0 Å². The molecule has 0 bridgehead atoms. The molecule has 2 aliphatic rings. The third-order valence-electron chi connectivity index (χ3n) is 4.53. The first-order valence-corrected chi connectivity index (χ1v) is 7.92. The molecule has 118 valence electrons. The fraction of sp³-hybridized carbons (Fsp3) is 0.529. The van der Waals surface area contributed by atoms with Crippen LogP contribution in [-0.4, -0.2) is 43.5 Å². The number of ether oxygens (including phenoxy) is 1. The van der Waals surface area contributed by atoms with Gasteiger partial charge in [-0.25, -0.2) is 0 Å². The first-order chi connectivity index (χ1) is 10.7. The molecular formula is C17H22N2O3. The van der Waals surface area contributed by atoms with E-state index in [1.165, 1.54) is 6.42 Å². The standard InChI is InChI=1S/C17H22N2O3/c1-22-15-7-5-14(6-8-15)19-12-13(11-16(19)20)17(21)18-9-3-2-4-10-18/h5-8,13H,2-4,9-12H2,1H3/t13-/m0/s1. The molecule has 2 saturated heterocycles. The van der Waals surface area contributed by atoms with Crippen LogP contribution in [0.4, 0.5) is 5.69 Å². The highest BCUT2D eigenvalue weighted by atomic mass is 16.5. The molecule has 0 unspecified atom stereocenters. The van der Waals surface area contributed by atoms with Gasteiger partial charge in [-0.3, -0.25) is 9.59 Å². The molecule has 0 aliphatic carbocycles. The monoisotopic (exact) mass is 302 g/mol. The summed E-state index contributed by atoms with van der Waals surface area (Å²) in [6, 6.07) is 7.40. The fourth-order valence-corrected chi connectivity index (χ4v) is 3.26. The smallest absolute Gasteiger partial charge is 0.228 e. The zero-order valence-electron chi connectivity index (χ0n) is 13.0. The zero-order valence-corrected chi connectivity index (χ0v) is 13.0. The molecule has 0 N–H and O–H groups in total. The molecule has 2 aliphatic heterocycles. The predicted molar refractivity (Wildman–Crippen MR) is 83.9 cm³/mol. The van der Waals surface area contributed by atoms with Crippen LogP contribution in [0.5, 0.6) is 5.75 Å². The molecule has 1 aromatic carbocycles. The second-order valence-electron chi connectivity index (χ2n) is 5.99. The normalized spacial score (nSPS) is 22.0. The molecule has 0 radical (unpaired) electrons. The number of amides is 2. The lowest BCUT2D eigenvalue weighted by molar-refractivity contribution is -0.136. The minimum absolute atomic E-state index is 0.0283. The molecule has 1 aromatic rings.